The van der Waals surface area contributed by atoms with Crippen molar-refractivity contribution in [3.05, 3.63) is 11.4 Å². The van der Waals surface area contributed by atoms with Crippen LogP contribution in [0, 0.1) is 13.8 Å². The molecule has 2 aliphatic heterocycles. The Morgan fingerprint density at radius 1 is 1.30 bits per heavy atom. The summed E-state index contributed by atoms with van der Waals surface area (Å²) in [5.74, 6) is 8.08. The largest absolute Gasteiger partial charge is 0.352 e. The van der Waals surface area contributed by atoms with Crippen LogP contribution >= 0.6 is 0 Å². The van der Waals surface area contributed by atoms with Gasteiger partial charge in [-0.2, -0.15) is 0 Å². The van der Waals surface area contributed by atoms with Gasteiger partial charge < -0.3 is 15.2 Å². The molecule has 0 aliphatic carbocycles. The first-order valence-corrected chi connectivity index (χ1v) is 6.96. The quantitative estimate of drug-likeness (QED) is 0.592. The molecular formula is C13H20N6O. The first kappa shape index (κ1) is 13.1. The molecule has 0 radical (unpaired) electrons. The van der Waals surface area contributed by atoms with Gasteiger partial charge in [-0.15, -0.1) is 0 Å². The summed E-state index contributed by atoms with van der Waals surface area (Å²) >= 11 is 0. The standard InChI is InChI=1S/C13H20N6O/c1-8-12(17-14)15-9(2)16-13(8)18-5-6-19-10(7-18)3-4-11(19)20/h10H,3-7,14H2,1-2H3,(H,15,16,17). The van der Waals surface area contributed by atoms with E-state index < -0.39 is 0 Å². The third-order valence-corrected chi connectivity index (χ3v) is 4.16. The van der Waals surface area contributed by atoms with Crippen LogP contribution in [-0.4, -0.2) is 46.5 Å². The van der Waals surface area contributed by atoms with Crippen LogP contribution < -0.4 is 16.2 Å². The number of carbonyl (C=O) groups is 1. The number of aromatic nitrogens is 2. The van der Waals surface area contributed by atoms with E-state index in [9.17, 15) is 4.79 Å². The highest BCUT2D eigenvalue weighted by molar-refractivity contribution is 5.79. The number of hydrogen-bond donors (Lipinski definition) is 2. The zero-order chi connectivity index (χ0) is 14.3. The molecule has 20 heavy (non-hydrogen) atoms. The van der Waals surface area contributed by atoms with Crippen molar-refractivity contribution in [3.63, 3.8) is 0 Å². The van der Waals surface area contributed by atoms with Gasteiger partial charge in [0, 0.05) is 37.7 Å². The molecule has 0 spiro atoms. The Morgan fingerprint density at radius 3 is 2.85 bits per heavy atom. The van der Waals surface area contributed by atoms with Crippen LogP contribution in [-0.2, 0) is 4.79 Å². The van der Waals surface area contributed by atoms with Crippen LogP contribution in [0.1, 0.15) is 24.2 Å². The Hall–Kier alpha value is -1.89. The van der Waals surface area contributed by atoms with Crippen LogP contribution in [0.5, 0.6) is 0 Å². The minimum Gasteiger partial charge on any atom is -0.352 e. The van der Waals surface area contributed by atoms with Crippen molar-refractivity contribution in [3.8, 4) is 0 Å². The van der Waals surface area contributed by atoms with E-state index >= 15 is 0 Å². The molecule has 108 valence electrons. The smallest absolute Gasteiger partial charge is 0.223 e. The summed E-state index contributed by atoms with van der Waals surface area (Å²) in [6.45, 7) is 6.25. The average molecular weight is 276 g/mol. The molecule has 1 atom stereocenters. The van der Waals surface area contributed by atoms with Crippen molar-refractivity contribution in [1.29, 1.82) is 0 Å². The first-order chi connectivity index (χ1) is 9.60. The molecule has 3 rings (SSSR count). The van der Waals surface area contributed by atoms with E-state index in [-0.39, 0.29) is 5.91 Å². The van der Waals surface area contributed by atoms with Crippen molar-refractivity contribution in [2.75, 3.05) is 30.0 Å². The number of nitrogens with one attached hydrogen (secondary N) is 1. The van der Waals surface area contributed by atoms with E-state index in [1.54, 1.807) is 0 Å². The van der Waals surface area contributed by atoms with Crippen LogP contribution in [0.3, 0.4) is 0 Å². The first-order valence-electron chi connectivity index (χ1n) is 6.96. The maximum absolute atomic E-state index is 11.7. The molecule has 0 saturated carbocycles. The van der Waals surface area contributed by atoms with Gasteiger partial charge in [0.25, 0.3) is 0 Å². The number of aryl methyl sites for hydroxylation is 1. The van der Waals surface area contributed by atoms with Crippen LogP contribution in [0.2, 0.25) is 0 Å². The molecule has 3 heterocycles. The zero-order valence-corrected chi connectivity index (χ0v) is 11.9. The lowest BCUT2D eigenvalue weighted by molar-refractivity contribution is -0.129. The second-order valence-corrected chi connectivity index (χ2v) is 5.44. The van der Waals surface area contributed by atoms with Crippen molar-refractivity contribution in [1.82, 2.24) is 14.9 Å². The summed E-state index contributed by atoms with van der Waals surface area (Å²) in [6.07, 6.45) is 1.62. The van der Waals surface area contributed by atoms with E-state index in [0.29, 0.717) is 24.1 Å². The highest BCUT2D eigenvalue weighted by Crippen LogP contribution is 2.28. The van der Waals surface area contributed by atoms with Crippen molar-refractivity contribution in [2.45, 2.75) is 32.7 Å². The minimum atomic E-state index is 0.287. The molecule has 3 N–H and O–H groups in total. The van der Waals surface area contributed by atoms with Gasteiger partial charge in [0.1, 0.15) is 17.5 Å². The fourth-order valence-electron chi connectivity index (χ4n) is 3.12. The Labute approximate surface area is 118 Å². The zero-order valence-electron chi connectivity index (χ0n) is 11.9. The van der Waals surface area contributed by atoms with Gasteiger partial charge in [-0.05, 0) is 20.3 Å². The number of piperazine rings is 1. The van der Waals surface area contributed by atoms with Crippen LogP contribution in [0.15, 0.2) is 0 Å². The van der Waals surface area contributed by atoms with Gasteiger partial charge in [0.2, 0.25) is 5.91 Å². The second-order valence-electron chi connectivity index (χ2n) is 5.44. The third kappa shape index (κ3) is 2.07. The molecule has 1 amide bonds. The number of fused-ring (bicyclic) bond motifs is 1. The van der Waals surface area contributed by atoms with Crippen molar-refractivity contribution < 1.29 is 4.79 Å². The predicted octanol–water partition coefficient (Wildman–Crippen LogP) is 0.190. The lowest BCUT2D eigenvalue weighted by atomic mass is 10.1. The van der Waals surface area contributed by atoms with Gasteiger partial charge >= 0.3 is 0 Å². The van der Waals surface area contributed by atoms with Gasteiger partial charge in [-0.3, -0.25) is 4.79 Å². The maximum atomic E-state index is 11.7. The van der Waals surface area contributed by atoms with Gasteiger partial charge in [0.05, 0.1) is 0 Å². The maximum Gasteiger partial charge on any atom is 0.223 e. The number of nitrogens with two attached hydrogens (primary N) is 1. The number of rotatable bonds is 2. The van der Waals surface area contributed by atoms with E-state index in [1.165, 1.54) is 0 Å². The predicted molar refractivity (Wildman–Crippen MR) is 76.3 cm³/mol. The Bertz CT molecular complexity index is 546. The summed E-state index contributed by atoms with van der Waals surface area (Å²) < 4.78 is 0. The molecule has 2 fully saturated rings. The number of anilines is 2. The molecule has 0 aromatic carbocycles. The average Bonchev–Trinajstić information content (AvgIpc) is 2.82. The molecule has 1 aromatic rings. The molecule has 1 unspecified atom stereocenters. The summed E-state index contributed by atoms with van der Waals surface area (Å²) in [7, 11) is 0. The molecule has 2 aliphatic rings. The molecule has 7 nitrogen and oxygen atoms in total. The van der Waals surface area contributed by atoms with Gasteiger partial charge in [-0.1, -0.05) is 0 Å². The summed E-state index contributed by atoms with van der Waals surface area (Å²) in [5, 5.41) is 0. The lowest BCUT2D eigenvalue weighted by Crippen LogP contribution is -2.52. The van der Waals surface area contributed by atoms with Gasteiger partial charge in [-0.25, -0.2) is 15.8 Å². The van der Waals surface area contributed by atoms with E-state index in [2.05, 4.69) is 20.3 Å². The van der Waals surface area contributed by atoms with Crippen LogP contribution in [0.4, 0.5) is 11.6 Å². The number of hydrazine groups is 1. The molecule has 0 bridgehead atoms. The van der Waals surface area contributed by atoms with Crippen molar-refractivity contribution >= 4 is 17.5 Å². The molecule has 2 saturated heterocycles. The molecular weight excluding hydrogens is 256 g/mol. The second kappa shape index (κ2) is 4.90. The van der Waals surface area contributed by atoms with E-state index in [4.69, 9.17) is 5.84 Å². The summed E-state index contributed by atoms with van der Waals surface area (Å²) in [6, 6.07) is 0.320. The topological polar surface area (TPSA) is 87.4 Å². The highest BCUT2D eigenvalue weighted by atomic mass is 16.2. The van der Waals surface area contributed by atoms with E-state index in [1.807, 2.05) is 18.7 Å². The number of amides is 1. The Balaban J connectivity index is 1.87. The minimum absolute atomic E-state index is 0.287. The van der Waals surface area contributed by atoms with Gasteiger partial charge in [0.15, 0.2) is 0 Å². The van der Waals surface area contributed by atoms with E-state index in [0.717, 1.165) is 37.4 Å². The molecule has 7 heteroatoms. The van der Waals surface area contributed by atoms with Crippen LogP contribution in [0.25, 0.3) is 0 Å². The summed E-state index contributed by atoms with van der Waals surface area (Å²) in [5.41, 5.74) is 3.58. The molecule has 1 aromatic heterocycles. The monoisotopic (exact) mass is 276 g/mol. The number of carbonyl (C=O) groups excluding carboxylic acids is 1. The SMILES string of the molecule is Cc1nc(NN)c(C)c(N2CCN3C(=O)CCC3C2)n1. The fraction of sp³-hybridized carbons (Fsp3) is 0.615. The summed E-state index contributed by atoms with van der Waals surface area (Å²) in [4.78, 5) is 24.8. The Kier molecular flexibility index (Phi) is 3.21. The number of nitrogens with zero attached hydrogens (tertiary/aromatic N) is 4. The normalized spacial score (nSPS) is 22.1. The highest BCUT2D eigenvalue weighted by Gasteiger charge is 2.36. The third-order valence-electron chi connectivity index (χ3n) is 4.16. The lowest BCUT2D eigenvalue weighted by Gasteiger charge is -2.38. The number of hydrogen-bond acceptors (Lipinski definition) is 6. The Morgan fingerprint density at radius 2 is 2.10 bits per heavy atom. The fourth-order valence-corrected chi connectivity index (χ4v) is 3.12. The van der Waals surface area contributed by atoms with Crippen molar-refractivity contribution in [2.24, 2.45) is 5.84 Å². The number of nitrogen functional groups attached to an aromatic ring is 1.